The van der Waals surface area contributed by atoms with Crippen molar-refractivity contribution in [1.82, 2.24) is 4.98 Å². The third-order valence-electron chi connectivity index (χ3n) is 3.11. The molecule has 0 amide bonds. The Bertz CT molecular complexity index is 876. The van der Waals surface area contributed by atoms with Gasteiger partial charge in [0.05, 0.1) is 10.6 Å². The number of para-hydroxylation sites is 2. The summed E-state index contributed by atoms with van der Waals surface area (Å²) in [5, 5.41) is 17.5. The predicted molar refractivity (Wildman–Crippen MR) is 93.8 cm³/mol. The molecule has 25 heavy (non-hydrogen) atoms. The molecule has 1 aromatic carbocycles. The van der Waals surface area contributed by atoms with Gasteiger partial charge < -0.3 is 9.47 Å². The van der Waals surface area contributed by atoms with Crippen molar-refractivity contribution < 1.29 is 19.2 Å². The van der Waals surface area contributed by atoms with Gasteiger partial charge in [0, 0.05) is 22.4 Å². The molecule has 128 valence electrons. The van der Waals surface area contributed by atoms with Crippen LogP contribution in [0.2, 0.25) is 0 Å². The number of rotatable bonds is 7. The van der Waals surface area contributed by atoms with Crippen LogP contribution in [0.1, 0.15) is 5.69 Å². The maximum absolute atomic E-state index is 11.8. The van der Waals surface area contributed by atoms with E-state index in [4.69, 9.17) is 9.47 Å². The van der Waals surface area contributed by atoms with Crippen LogP contribution in [0.3, 0.4) is 0 Å². The second-order valence-electron chi connectivity index (χ2n) is 4.83. The van der Waals surface area contributed by atoms with Gasteiger partial charge in [-0.15, -0.1) is 11.3 Å². The van der Waals surface area contributed by atoms with Crippen LogP contribution in [0.5, 0.6) is 5.75 Å². The van der Waals surface area contributed by atoms with Gasteiger partial charge in [0.25, 0.3) is 0 Å². The first-order chi connectivity index (χ1) is 12.1. The maximum atomic E-state index is 11.8. The van der Waals surface area contributed by atoms with Crippen molar-refractivity contribution in [2.75, 3.05) is 6.61 Å². The van der Waals surface area contributed by atoms with Gasteiger partial charge in [0.1, 0.15) is 11.6 Å². The summed E-state index contributed by atoms with van der Waals surface area (Å²) in [5.41, 5.74) is 1.48. The van der Waals surface area contributed by atoms with Gasteiger partial charge in [-0.1, -0.05) is 12.1 Å². The van der Waals surface area contributed by atoms with Crippen LogP contribution in [-0.2, 0) is 16.1 Å². The third-order valence-corrected chi connectivity index (χ3v) is 4.73. The molecule has 2 aromatic heterocycles. The first-order valence-corrected chi connectivity index (χ1v) is 8.94. The van der Waals surface area contributed by atoms with Gasteiger partial charge in [-0.25, -0.2) is 9.78 Å². The second kappa shape index (κ2) is 7.86. The molecule has 0 spiro atoms. The zero-order valence-electron chi connectivity index (χ0n) is 12.8. The highest BCUT2D eigenvalue weighted by atomic mass is 32.1. The van der Waals surface area contributed by atoms with Gasteiger partial charge in [-0.05, 0) is 17.5 Å². The average molecular weight is 376 g/mol. The molecule has 0 aliphatic heterocycles. The van der Waals surface area contributed by atoms with Crippen molar-refractivity contribution in [1.29, 1.82) is 0 Å². The topological polar surface area (TPSA) is 91.6 Å². The Morgan fingerprint density at radius 3 is 2.84 bits per heavy atom. The summed E-state index contributed by atoms with van der Waals surface area (Å²) in [5.74, 6) is -0.596. The van der Waals surface area contributed by atoms with E-state index in [1.54, 1.807) is 17.4 Å². The number of nitrogens with zero attached hydrogens (tertiary/aromatic N) is 2. The van der Waals surface area contributed by atoms with E-state index in [9.17, 15) is 14.9 Å². The molecule has 0 unspecified atom stereocenters. The molecular formula is C16H12N2O5S2. The number of hydrogen-bond acceptors (Lipinski definition) is 8. The highest BCUT2D eigenvalue weighted by molar-refractivity contribution is 7.14. The zero-order chi connectivity index (χ0) is 17.6. The minimum Gasteiger partial charge on any atom is -0.475 e. The Labute approximate surface area is 150 Å². The smallest absolute Gasteiger partial charge is 0.344 e. The molecule has 7 nitrogen and oxygen atoms in total. The summed E-state index contributed by atoms with van der Waals surface area (Å²) in [6.45, 7) is -0.383. The number of ether oxygens (including phenoxy) is 2. The maximum Gasteiger partial charge on any atom is 0.344 e. The molecule has 0 bridgehead atoms. The molecule has 2 heterocycles. The highest BCUT2D eigenvalue weighted by Gasteiger charge is 2.15. The first kappa shape index (κ1) is 17.1. The molecule has 0 saturated carbocycles. The van der Waals surface area contributed by atoms with Crippen LogP contribution < -0.4 is 4.74 Å². The van der Waals surface area contributed by atoms with Crippen molar-refractivity contribution in [2.24, 2.45) is 0 Å². The fraction of sp³-hybridized carbons (Fsp3) is 0.125. The minimum atomic E-state index is -0.622. The lowest BCUT2D eigenvalue weighted by Crippen LogP contribution is -2.15. The van der Waals surface area contributed by atoms with E-state index in [1.165, 1.54) is 29.5 Å². The van der Waals surface area contributed by atoms with Gasteiger partial charge in [0.2, 0.25) is 0 Å². The lowest BCUT2D eigenvalue weighted by Gasteiger charge is -2.06. The van der Waals surface area contributed by atoms with E-state index in [-0.39, 0.29) is 18.0 Å². The Kier molecular flexibility index (Phi) is 5.36. The number of carbonyl (C=O) groups excluding carboxylic acids is 1. The molecule has 0 radical (unpaired) electrons. The third kappa shape index (κ3) is 4.40. The van der Waals surface area contributed by atoms with E-state index in [1.807, 2.05) is 22.2 Å². The molecule has 0 fully saturated rings. The molecule has 3 aromatic rings. The van der Waals surface area contributed by atoms with Gasteiger partial charge in [-0.3, -0.25) is 10.1 Å². The lowest BCUT2D eigenvalue weighted by atomic mass is 10.3. The van der Waals surface area contributed by atoms with Crippen molar-refractivity contribution in [2.45, 2.75) is 6.61 Å². The Morgan fingerprint density at radius 2 is 2.08 bits per heavy atom. The number of thiazole rings is 1. The van der Waals surface area contributed by atoms with E-state index in [0.29, 0.717) is 5.69 Å². The van der Waals surface area contributed by atoms with Crippen LogP contribution in [0.15, 0.2) is 46.5 Å². The summed E-state index contributed by atoms with van der Waals surface area (Å²) < 4.78 is 10.3. The summed E-state index contributed by atoms with van der Waals surface area (Å²) >= 11 is 3.06. The first-order valence-electron chi connectivity index (χ1n) is 7.12. The Hall–Kier alpha value is -2.78. The SMILES string of the molecule is O=C(COc1ccccc1[N+](=O)[O-])OCc1csc(-c2ccsc2)n1. The normalized spacial score (nSPS) is 10.4. The minimum absolute atomic E-state index is 0.0258. The number of nitro groups is 1. The molecule has 0 atom stereocenters. The average Bonchev–Trinajstić information content (AvgIpc) is 3.29. The molecule has 0 saturated heterocycles. The van der Waals surface area contributed by atoms with E-state index in [0.717, 1.165) is 10.6 Å². The van der Waals surface area contributed by atoms with E-state index < -0.39 is 17.5 Å². The molecule has 0 N–H and O–H groups in total. The van der Waals surface area contributed by atoms with Crippen LogP contribution >= 0.6 is 22.7 Å². The van der Waals surface area contributed by atoms with Crippen LogP contribution in [0, 0.1) is 10.1 Å². The summed E-state index contributed by atoms with van der Waals surface area (Å²) in [4.78, 5) is 26.5. The monoisotopic (exact) mass is 376 g/mol. The second-order valence-corrected chi connectivity index (χ2v) is 6.47. The Balaban J connectivity index is 1.51. The molecule has 0 aliphatic rings. The van der Waals surface area contributed by atoms with Crippen molar-refractivity contribution >= 4 is 34.3 Å². The molecule has 9 heteroatoms. The van der Waals surface area contributed by atoms with Crippen molar-refractivity contribution in [3.8, 4) is 16.3 Å². The highest BCUT2D eigenvalue weighted by Crippen LogP contribution is 2.27. The van der Waals surface area contributed by atoms with E-state index >= 15 is 0 Å². The van der Waals surface area contributed by atoms with Gasteiger partial charge in [-0.2, -0.15) is 11.3 Å². The quantitative estimate of drug-likeness (QED) is 0.353. The number of thiophene rings is 1. The number of carbonyl (C=O) groups is 1. The van der Waals surface area contributed by atoms with Crippen LogP contribution in [0.25, 0.3) is 10.6 Å². The summed E-state index contributed by atoms with van der Waals surface area (Å²) in [6.07, 6.45) is 0. The summed E-state index contributed by atoms with van der Waals surface area (Å²) in [6, 6.07) is 7.83. The zero-order valence-corrected chi connectivity index (χ0v) is 14.4. The Morgan fingerprint density at radius 1 is 1.24 bits per heavy atom. The van der Waals surface area contributed by atoms with Crippen LogP contribution in [-0.4, -0.2) is 22.5 Å². The fourth-order valence-electron chi connectivity index (χ4n) is 1.95. The number of esters is 1. The number of aromatic nitrogens is 1. The van der Waals surface area contributed by atoms with Crippen molar-refractivity contribution in [3.63, 3.8) is 0 Å². The number of nitro benzene ring substituents is 1. The molecule has 0 aliphatic carbocycles. The largest absolute Gasteiger partial charge is 0.475 e. The molecular weight excluding hydrogens is 364 g/mol. The summed E-state index contributed by atoms with van der Waals surface area (Å²) in [7, 11) is 0. The number of hydrogen-bond donors (Lipinski definition) is 0. The van der Waals surface area contributed by atoms with Crippen LogP contribution in [0.4, 0.5) is 5.69 Å². The van der Waals surface area contributed by atoms with E-state index in [2.05, 4.69) is 4.98 Å². The lowest BCUT2D eigenvalue weighted by molar-refractivity contribution is -0.385. The van der Waals surface area contributed by atoms with Crippen molar-refractivity contribution in [3.05, 3.63) is 62.3 Å². The van der Waals surface area contributed by atoms with Gasteiger partial charge in [0.15, 0.2) is 12.4 Å². The fourth-order valence-corrected chi connectivity index (χ4v) is 3.47. The van der Waals surface area contributed by atoms with Gasteiger partial charge >= 0.3 is 11.7 Å². The number of benzene rings is 1. The predicted octanol–water partition coefficient (Wildman–Crippen LogP) is 3.90. The molecule has 3 rings (SSSR count). The standard InChI is InChI=1S/C16H12N2O5S2/c19-15(8-22-14-4-2-1-3-13(14)18(20)21)23-7-12-10-25-16(17-12)11-5-6-24-9-11/h1-6,9-10H,7-8H2.